The molecular formula is C15H18ClN3OS2. The highest BCUT2D eigenvalue weighted by atomic mass is 35.5. The van der Waals surface area contributed by atoms with E-state index >= 15 is 0 Å². The normalized spacial score (nSPS) is 18.1. The maximum atomic E-state index is 12.7. The number of carbonyl (C=O) groups is 1. The summed E-state index contributed by atoms with van der Waals surface area (Å²) < 4.78 is 0.741. The first-order valence-corrected chi connectivity index (χ1v) is 9.26. The van der Waals surface area contributed by atoms with Crippen LogP contribution in [0, 0.1) is 12.8 Å². The topological polar surface area (TPSA) is 45.2 Å². The summed E-state index contributed by atoms with van der Waals surface area (Å²) in [5.41, 5.74) is 0.812. The summed E-state index contributed by atoms with van der Waals surface area (Å²) in [4.78, 5) is 21.0. The smallest absolute Gasteiger partial charge is 0.265 e. The van der Waals surface area contributed by atoms with Crippen molar-refractivity contribution in [2.75, 3.05) is 26.7 Å². The van der Waals surface area contributed by atoms with E-state index in [1.165, 1.54) is 22.7 Å². The van der Waals surface area contributed by atoms with E-state index in [2.05, 4.69) is 10.3 Å². The zero-order valence-corrected chi connectivity index (χ0v) is 14.9. The first kappa shape index (κ1) is 15.9. The third-order valence-corrected chi connectivity index (χ3v) is 6.39. The van der Waals surface area contributed by atoms with E-state index in [1.807, 2.05) is 31.0 Å². The Morgan fingerprint density at radius 1 is 1.50 bits per heavy atom. The number of amides is 1. The number of aromatic nitrogens is 1. The van der Waals surface area contributed by atoms with E-state index in [0.29, 0.717) is 5.92 Å². The lowest BCUT2D eigenvalue weighted by Gasteiger charge is -2.15. The molecule has 0 aromatic carbocycles. The van der Waals surface area contributed by atoms with Crippen molar-refractivity contribution < 1.29 is 4.79 Å². The zero-order valence-electron chi connectivity index (χ0n) is 12.6. The molecule has 2 aromatic heterocycles. The molecule has 7 heteroatoms. The molecule has 1 aliphatic heterocycles. The van der Waals surface area contributed by atoms with Crippen LogP contribution in [0.4, 0.5) is 0 Å². The summed E-state index contributed by atoms with van der Waals surface area (Å²) in [6.07, 6.45) is 1.07. The van der Waals surface area contributed by atoms with Gasteiger partial charge >= 0.3 is 0 Å². The fourth-order valence-corrected chi connectivity index (χ4v) is 4.88. The molecule has 22 heavy (non-hydrogen) atoms. The van der Waals surface area contributed by atoms with Gasteiger partial charge in [0.1, 0.15) is 9.88 Å². The van der Waals surface area contributed by atoms with E-state index in [9.17, 15) is 4.79 Å². The predicted molar refractivity (Wildman–Crippen MR) is 93.1 cm³/mol. The van der Waals surface area contributed by atoms with Gasteiger partial charge in [-0.1, -0.05) is 11.6 Å². The Hall–Kier alpha value is -0.950. The minimum Gasteiger partial charge on any atom is -0.338 e. The average molecular weight is 356 g/mol. The molecule has 0 radical (unpaired) electrons. The average Bonchev–Trinajstić information content (AvgIpc) is 3.19. The van der Waals surface area contributed by atoms with Gasteiger partial charge in [0.2, 0.25) is 0 Å². The van der Waals surface area contributed by atoms with E-state index in [0.717, 1.165) is 50.8 Å². The fraction of sp³-hybridized carbons (Fsp3) is 0.467. The third kappa shape index (κ3) is 3.20. The van der Waals surface area contributed by atoms with Crippen molar-refractivity contribution in [1.29, 1.82) is 0 Å². The summed E-state index contributed by atoms with van der Waals surface area (Å²) in [5.74, 6) is 0.667. The summed E-state index contributed by atoms with van der Waals surface area (Å²) in [6.45, 7) is 4.54. The highest BCUT2D eigenvalue weighted by molar-refractivity contribution is 7.24. The van der Waals surface area contributed by atoms with Crippen LogP contribution in [0.15, 0.2) is 12.1 Å². The van der Waals surface area contributed by atoms with E-state index < -0.39 is 0 Å². The maximum Gasteiger partial charge on any atom is 0.265 e. The molecule has 3 heterocycles. The lowest BCUT2D eigenvalue weighted by Crippen LogP contribution is -2.30. The second-order valence-corrected chi connectivity index (χ2v) is 8.22. The van der Waals surface area contributed by atoms with Crippen LogP contribution in [0.2, 0.25) is 4.34 Å². The van der Waals surface area contributed by atoms with Crippen LogP contribution in [0.5, 0.6) is 0 Å². The molecule has 2 aromatic rings. The SMILES string of the molecule is CNCC1CCN(C(=O)c2sc(-c3ccc(Cl)s3)nc2C)C1. The summed E-state index contributed by atoms with van der Waals surface area (Å²) in [7, 11) is 1.95. The largest absolute Gasteiger partial charge is 0.338 e. The summed E-state index contributed by atoms with van der Waals surface area (Å²) in [6, 6.07) is 3.82. The molecular weight excluding hydrogens is 338 g/mol. The molecule has 1 unspecified atom stereocenters. The Morgan fingerprint density at radius 3 is 3.00 bits per heavy atom. The monoisotopic (exact) mass is 355 g/mol. The van der Waals surface area contributed by atoms with Crippen molar-refractivity contribution in [2.24, 2.45) is 5.92 Å². The number of likely N-dealkylation sites (tertiary alicyclic amines) is 1. The number of carbonyl (C=O) groups excluding carboxylic acids is 1. The molecule has 0 aliphatic carbocycles. The van der Waals surface area contributed by atoms with Crippen molar-refractivity contribution in [3.8, 4) is 9.88 Å². The number of nitrogens with zero attached hydrogens (tertiary/aromatic N) is 2. The number of hydrogen-bond donors (Lipinski definition) is 1. The van der Waals surface area contributed by atoms with Crippen LogP contribution in [0.25, 0.3) is 9.88 Å². The Morgan fingerprint density at radius 2 is 2.32 bits per heavy atom. The van der Waals surface area contributed by atoms with Crippen molar-refractivity contribution in [2.45, 2.75) is 13.3 Å². The van der Waals surface area contributed by atoms with E-state index in [4.69, 9.17) is 11.6 Å². The van der Waals surface area contributed by atoms with Gasteiger partial charge in [0.15, 0.2) is 0 Å². The van der Waals surface area contributed by atoms with Gasteiger partial charge in [-0.25, -0.2) is 4.98 Å². The number of hydrogen-bond acceptors (Lipinski definition) is 5. The first-order chi connectivity index (χ1) is 10.6. The second-order valence-electron chi connectivity index (χ2n) is 5.50. The van der Waals surface area contributed by atoms with Crippen LogP contribution in [0.3, 0.4) is 0 Å². The molecule has 0 spiro atoms. The highest BCUT2D eigenvalue weighted by Crippen LogP contribution is 2.35. The van der Waals surface area contributed by atoms with Crippen molar-refractivity contribution in [1.82, 2.24) is 15.2 Å². The molecule has 1 saturated heterocycles. The lowest BCUT2D eigenvalue weighted by molar-refractivity contribution is 0.0791. The fourth-order valence-electron chi connectivity index (χ4n) is 2.75. The lowest BCUT2D eigenvalue weighted by atomic mass is 10.1. The first-order valence-electron chi connectivity index (χ1n) is 7.25. The van der Waals surface area contributed by atoms with E-state index in [-0.39, 0.29) is 5.91 Å². The minimum absolute atomic E-state index is 0.113. The number of thiazole rings is 1. The number of aryl methyl sites for hydroxylation is 1. The number of nitrogens with one attached hydrogen (secondary N) is 1. The number of rotatable bonds is 4. The zero-order chi connectivity index (χ0) is 15.7. The predicted octanol–water partition coefficient (Wildman–Crippen LogP) is 3.51. The minimum atomic E-state index is 0.113. The Bertz CT molecular complexity index is 682. The van der Waals surface area contributed by atoms with Crippen LogP contribution in [-0.4, -0.2) is 42.5 Å². The molecule has 4 nitrogen and oxygen atoms in total. The quantitative estimate of drug-likeness (QED) is 0.912. The van der Waals surface area contributed by atoms with Gasteiger partial charge in [0.05, 0.1) is 14.9 Å². The van der Waals surface area contributed by atoms with Gasteiger partial charge in [-0.15, -0.1) is 22.7 Å². The van der Waals surface area contributed by atoms with Gasteiger partial charge in [0.25, 0.3) is 5.91 Å². The molecule has 1 aliphatic rings. The molecule has 0 saturated carbocycles. The van der Waals surface area contributed by atoms with Crippen molar-refractivity contribution in [3.63, 3.8) is 0 Å². The number of halogens is 1. The van der Waals surface area contributed by atoms with E-state index in [1.54, 1.807) is 0 Å². The van der Waals surface area contributed by atoms with Crippen LogP contribution in [0.1, 0.15) is 21.8 Å². The molecule has 1 amide bonds. The van der Waals surface area contributed by atoms with Gasteiger partial charge in [0, 0.05) is 13.1 Å². The molecule has 1 fully saturated rings. The summed E-state index contributed by atoms with van der Waals surface area (Å²) >= 11 is 8.95. The molecule has 0 bridgehead atoms. The Kier molecular flexibility index (Phi) is 4.82. The van der Waals surface area contributed by atoms with Crippen LogP contribution >= 0.6 is 34.3 Å². The third-order valence-electron chi connectivity index (χ3n) is 3.84. The van der Waals surface area contributed by atoms with Gasteiger partial charge in [-0.2, -0.15) is 0 Å². The maximum absolute atomic E-state index is 12.7. The van der Waals surface area contributed by atoms with Crippen LogP contribution in [-0.2, 0) is 0 Å². The Labute approximate surface area is 143 Å². The molecule has 1 N–H and O–H groups in total. The van der Waals surface area contributed by atoms with Gasteiger partial charge in [-0.05, 0) is 45.0 Å². The molecule has 118 valence electrons. The standard InChI is InChI=1S/C15H18ClN3OS2/c1-9-13(15(20)19-6-5-10(8-19)7-17-2)22-14(18-9)11-3-4-12(16)21-11/h3-4,10,17H,5-8H2,1-2H3. The van der Waals surface area contributed by atoms with Crippen molar-refractivity contribution in [3.05, 3.63) is 27.0 Å². The van der Waals surface area contributed by atoms with Crippen LogP contribution < -0.4 is 5.32 Å². The van der Waals surface area contributed by atoms with Gasteiger partial charge < -0.3 is 10.2 Å². The second kappa shape index (κ2) is 6.66. The van der Waals surface area contributed by atoms with Gasteiger partial charge in [-0.3, -0.25) is 4.79 Å². The number of thiophene rings is 1. The highest BCUT2D eigenvalue weighted by Gasteiger charge is 2.29. The Balaban J connectivity index is 1.77. The molecule has 3 rings (SSSR count). The summed E-state index contributed by atoms with van der Waals surface area (Å²) in [5, 5.41) is 4.07. The molecule has 1 atom stereocenters. The van der Waals surface area contributed by atoms with Crippen molar-refractivity contribution >= 4 is 40.2 Å².